The zero-order chi connectivity index (χ0) is 7.40. The highest BCUT2D eigenvalue weighted by molar-refractivity contribution is 5.45. The zero-order valence-electron chi connectivity index (χ0n) is 6.26. The molecule has 0 saturated carbocycles. The lowest BCUT2D eigenvalue weighted by Crippen LogP contribution is -2.30. The van der Waals surface area contributed by atoms with Gasteiger partial charge in [0.25, 0.3) is 0 Å². The number of amides is 1. The number of nitrogens with one attached hydrogen (secondary N) is 2. The molecule has 2 atom stereocenters. The lowest BCUT2D eigenvalue weighted by Gasteiger charge is -2.12. The first-order valence-electron chi connectivity index (χ1n) is 3.75. The Balaban J connectivity index is 2.19. The molecule has 0 spiro atoms. The van der Waals surface area contributed by atoms with E-state index >= 15 is 0 Å². The van der Waals surface area contributed by atoms with Crippen LogP contribution in [0.4, 0.5) is 0 Å². The first kappa shape index (κ1) is 7.54. The molecule has 10 heavy (non-hydrogen) atoms. The summed E-state index contributed by atoms with van der Waals surface area (Å²) in [5.74, 6) is 0.630. The van der Waals surface area contributed by atoms with Crippen LogP contribution >= 0.6 is 0 Å². The van der Waals surface area contributed by atoms with Crippen LogP contribution in [0.25, 0.3) is 0 Å². The maximum atomic E-state index is 9.94. The van der Waals surface area contributed by atoms with Gasteiger partial charge in [-0.1, -0.05) is 0 Å². The van der Waals surface area contributed by atoms with Gasteiger partial charge in [-0.15, -0.1) is 0 Å². The van der Waals surface area contributed by atoms with E-state index in [0.717, 1.165) is 19.5 Å². The molecular formula is C7H14N2O. The third kappa shape index (κ3) is 1.70. The fourth-order valence-corrected chi connectivity index (χ4v) is 1.39. The van der Waals surface area contributed by atoms with Gasteiger partial charge in [-0.25, -0.2) is 0 Å². The van der Waals surface area contributed by atoms with E-state index in [1.165, 1.54) is 6.42 Å². The molecule has 1 rings (SSSR count). The molecule has 3 nitrogen and oxygen atoms in total. The third-order valence-corrected chi connectivity index (χ3v) is 2.15. The summed E-state index contributed by atoms with van der Waals surface area (Å²) in [6, 6.07) is 0.562. The molecule has 1 aliphatic rings. The van der Waals surface area contributed by atoms with Crippen molar-refractivity contribution in [2.75, 3.05) is 13.1 Å². The van der Waals surface area contributed by atoms with Crippen LogP contribution in [0.1, 0.15) is 13.3 Å². The second kappa shape index (κ2) is 3.56. The van der Waals surface area contributed by atoms with Crippen LogP contribution < -0.4 is 10.6 Å². The fourth-order valence-electron chi connectivity index (χ4n) is 1.39. The Morgan fingerprint density at radius 2 is 2.60 bits per heavy atom. The zero-order valence-corrected chi connectivity index (χ0v) is 6.26. The highest BCUT2D eigenvalue weighted by Crippen LogP contribution is 2.12. The number of hydrogen-bond acceptors (Lipinski definition) is 2. The van der Waals surface area contributed by atoms with E-state index in [1.807, 2.05) is 0 Å². The molecule has 3 heteroatoms. The number of hydrogen-bond donors (Lipinski definition) is 2. The first-order chi connectivity index (χ1) is 4.84. The molecule has 0 radical (unpaired) electrons. The van der Waals surface area contributed by atoms with E-state index in [1.54, 1.807) is 0 Å². The van der Waals surface area contributed by atoms with Crippen LogP contribution in [0.15, 0.2) is 0 Å². The summed E-state index contributed by atoms with van der Waals surface area (Å²) in [5.41, 5.74) is 0. The molecule has 1 fully saturated rings. The summed E-state index contributed by atoms with van der Waals surface area (Å²) in [4.78, 5) is 9.94. The van der Waals surface area contributed by atoms with Crippen molar-refractivity contribution in [1.29, 1.82) is 0 Å². The van der Waals surface area contributed by atoms with Crippen LogP contribution in [0, 0.1) is 5.92 Å². The molecular weight excluding hydrogens is 128 g/mol. The number of carbonyl (C=O) groups is 1. The highest BCUT2D eigenvalue weighted by atomic mass is 16.1. The van der Waals surface area contributed by atoms with Crippen LogP contribution in [0.2, 0.25) is 0 Å². The second-order valence-electron chi connectivity index (χ2n) is 2.82. The minimum absolute atomic E-state index is 0.562. The summed E-state index contributed by atoms with van der Waals surface area (Å²) in [5, 5.41) is 6.02. The summed E-state index contributed by atoms with van der Waals surface area (Å²) >= 11 is 0. The average Bonchev–Trinajstić information content (AvgIpc) is 2.31. The van der Waals surface area contributed by atoms with Crippen molar-refractivity contribution >= 4 is 6.41 Å². The largest absolute Gasteiger partial charge is 0.358 e. The standard InChI is InChI=1S/C7H14N2O/c1-6-7(2-3-9-6)4-8-5-10/h5-7,9H,2-4H2,1H3,(H,8,10). The minimum atomic E-state index is 0.562. The van der Waals surface area contributed by atoms with Gasteiger partial charge in [-0.05, 0) is 25.8 Å². The molecule has 0 bridgehead atoms. The molecule has 58 valence electrons. The average molecular weight is 142 g/mol. The van der Waals surface area contributed by atoms with Crippen LogP contribution in [-0.4, -0.2) is 25.5 Å². The van der Waals surface area contributed by atoms with Crippen molar-refractivity contribution in [3.63, 3.8) is 0 Å². The molecule has 0 aromatic rings. The first-order valence-corrected chi connectivity index (χ1v) is 3.75. The predicted octanol–water partition coefficient (Wildman–Crippen LogP) is -0.270. The van der Waals surface area contributed by atoms with Gasteiger partial charge in [0, 0.05) is 12.6 Å². The molecule has 1 amide bonds. The number of rotatable bonds is 3. The van der Waals surface area contributed by atoms with Crippen molar-refractivity contribution < 1.29 is 4.79 Å². The summed E-state index contributed by atoms with van der Waals surface area (Å²) < 4.78 is 0. The Hall–Kier alpha value is -0.570. The fraction of sp³-hybridized carbons (Fsp3) is 0.857. The lowest BCUT2D eigenvalue weighted by atomic mass is 10.0. The lowest BCUT2D eigenvalue weighted by molar-refractivity contribution is -0.109. The van der Waals surface area contributed by atoms with Gasteiger partial charge in [-0.3, -0.25) is 4.79 Å². The number of carbonyl (C=O) groups excluding carboxylic acids is 1. The Morgan fingerprint density at radius 1 is 1.80 bits per heavy atom. The minimum Gasteiger partial charge on any atom is -0.358 e. The summed E-state index contributed by atoms with van der Waals surface area (Å²) in [6.45, 7) is 4.06. The summed E-state index contributed by atoms with van der Waals surface area (Å²) in [6.07, 6.45) is 1.95. The van der Waals surface area contributed by atoms with Gasteiger partial charge < -0.3 is 10.6 Å². The molecule has 2 unspecified atom stereocenters. The monoisotopic (exact) mass is 142 g/mol. The Morgan fingerprint density at radius 3 is 3.10 bits per heavy atom. The van der Waals surface area contributed by atoms with Crippen LogP contribution in [-0.2, 0) is 4.79 Å². The van der Waals surface area contributed by atoms with Gasteiger partial charge in [0.2, 0.25) is 6.41 Å². The molecule has 0 aromatic carbocycles. The molecule has 2 N–H and O–H groups in total. The third-order valence-electron chi connectivity index (χ3n) is 2.15. The van der Waals surface area contributed by atoms with Gasteiger partial charge in [0.15, 0.2) is 0 Å². The van der Waals surface area contributed by atoms with Crippen molar-refractivity contribution in [2.24, 2.45) is 5.92 Å². The van der Waals surface area contributed by atoms with E-state index in [9.17, 15) is 4.79 Å². The summed E-state index contributed by atoms with van der Waals surface area (Å²) in [7, 11) is 0. The van der Waals surface area contributed by atoms with E-state index in [-0.39, 0.29) is 0 Å². The Labute approximate surface area is 61.2 Å². The van der Waals surface area contributed by atoms with Crippen molar-refractivity contribution in [3.8, 4) is 0 Å². The van der Waals surface area contributed by atoms with Gasteiger partial charge in [0.05, 0.1) is 0 Å². The van der Waals surface area contributed by atoms with Gasteiger partial charge in [0.1, 0.15) is 0 Å². The maximum Gasteiger partial charge on any atom is 0.207 e. The maximum absolute atomic E-state index is 9.94. The van der Waals surface area contributed by atoms with Crippen molar-refractivity contribution in [2.45, 2.75) is 19.4 Å². The van der Waals surface area contributed by atoms with E-state index < -0.39 is 0 Å². The van der Waals surface area contributed by atoms with E-state index in [0.29, 0.717) is 12.0 Å². The second-order valence-corrected chi connectivity index (χ2v) is 2.82. The Bertz CT molecular complexity index is 116. The molecule has 0 aliphatic carbocycles. The van der Waals surface area contributed by atoms with E-state index in [2.05, 4.69) is 17.6 Å². The predicted molar refractivity (Wildman–Crippen MR) is 39.6 cm³/mol. The SMILES string of the molecule is CC1NCCC1CNC=O. The highest BCUT2D eigenvalue weighted by Gasteiger charge is 2.21. The Kier molecular flexibility index (Phi) is 2.68. The van der Waals surface area contributed by atoms with Crippen molar-refractivity contribution in [1.82, 2.24) is 10.6 Å². The van der Waals surface area contributed by atoms with Gasteiger partial charge in [-0.2, -0.15) is 0 Å². The topological polar surface area (TPSA) is 41.1 Å². The smallest absolute Gasteiger partial charge is 0.207 e. The molecule has 1 saturated heterocycles. The van der Waals surface area contributed by atoms with Crippen LogP contribution in [0.3, 0.4) is 0 Å². The molecule has 1 aliphatic heterocycles. The van der Waals surface area contributed by atoms with E-state index in [4.69, 9.17) is 0 Å². The van der Waals surface area contributed by atoms with Crippen LogP contribution in [0.5, 0.6) is 0 Å². The van der Waals surface area contributed by atoms with Gasteiger partial charge >= 0.3 is 0 Å². The quantitative estimate of drug-likeness (QED) is 0.533. The van der Waals surface area contributed by atoms with Crippen molar-refractivity contribution in [3.05, 3.63) is 0 Å². The molecule has 1 heterocycles. The molecule has 0 aromatic heterocycles. The normalized spacial score (nSPS) is 32.1.